The van der Waals surface area contributed by atoms with Crippen LogP contribution in [0.15, 0.2) is 0 Å². The number of nitrogens with two attached hydrogens (primary N) is 1. The van der Waals surface area contributed by atoms with E-state index in [1.165, 1.54) is 0 Å². The molecule has 2 rings (SSSR count). The molecule has 3 heteroatoms. The SMILES string of the molecule is CCC1(NC(=O)[C@@H]2CCC[C@@H]2N)CC1. The van der Waals surface area contributed by atoms with Gasteiger partial charge in [0.1, 0.15) is 0 Å². The molecule has 2 saturated carbocycles. The number of carbonyl (C=O) groups excluding carboxylic acids is 1. The second kappa shape index (κ2) is 3.54. The summed E-state index contributed by atoms with van der Waals surface area (Å²) in [6.45, 7) is 2.14. The molecule has 0 aliphatic heterocycles. The van der Waals surface area contributed by atoms with E-state index in [9.17, 15) is 4.79 Å². The maximum absolute atomic E-state index is 11.9. The highest BCUT2D eigenvalue weighted by molar-refractivity contribution is 5.80. The monoisotopic (exact) mass is 196 g/mol. The second-order valence-corrected chi connectivity index (χ2v) is 4.82. The van der Waals surface area contributed by atoms with Gasteiger partial charge in [0.2, 0.25) is 5.91 Å². The molecule has 2 atom stereocenters. The Labute approximate surface area is 85.4 Å². The van der Waals surface area contributed by atoms with Crippen LogP contribution in [-0.4, -0.2) is 17.5 Å². The Morgan fingerprint density at radius 1 is 1.50 bits per heavy atom. The van der Waals surface area contributed by atoms with Gasteiger partial charge >= 0.3 is 0 Å². The molecular formula is C11H20N2O. The number of carbonyl (C=O) groups is 1. The topological polar surface area (TPSA) is 55.1 Å². The molecule has 0 saturated heterocycles. The van der Waals surface area contributed by atoms with Crippen LogP contribution in [0.2, 0.25) is 0 Å². The molecule has 0 aromatic heterocycles. The van der Waals surface area contributed by atoms with Crippen molar-refractivity contribution in [2.75, 3.05) is 0 Å². The minimum Gasteiger partial charge on any atom is -0.350 e. The molecule has 0 spiro atoms. The first-order valence-corrected chi connectivity index (χ1v) is 5.74. The standard InChI is InChI=1S/C11H20N2O/c1-2-11(6-7-11)13-10(14)8-4-3-5-9(8)12/h8-9H,2-7,12H2,1H3,(H,13,14)/t8-,9+/m1/s1. The first-order chi connectivity index (χ1) is 6.67. The van der Waals surface area contributed by atoms with E-state index in [1.54, 1.807) is 0 Å². The second-order valence-electron chi connectivity index (χ2n) is 4.82. The Morgan fingerprint density at radius 3 is 2.64 bits per heavy atom. The van der Waals surface area contributed by atoms with Crippen LogP contribution in [0, 0.1) is 5.92 Å². The minimum atomic E-state index is 0.0824. The molecule has 2 aliphatic carbocycles. The van der Waals surface area contributed by atoms with Gasteiger partial charge in [0.15, 0.2) is 0 Å². The van der Waals surface area contributed by atoms with E-state index < -0.39 is 0 Å². The summed E-state index contributed by atoms with van der Waals surface area (Å²) in [5.74, 6) is 0.286. The number of amides is 1. The van der Waals surface area contributed by atoms with Gasteiger partial charge in [0.05, 0.1) is 5.92 Å². The minimum absolute atomic E-state index is 0.0824. The van der Waals surface area contributed by atoms with Crippen molar-refractivity contribution in [2.24, 2.45) is 11.7 Å². The molecule has 0 bridgehead atoms. The van der Waals surface area contributed by atoms with Gasteiger partial charge in [-0.15, -0.1) is 0 Å². The Morgan fingerprint density at radius 2 is 2.21 bits per heavy atom. The molecule has 0 aromatic rings. The van der Waals surface area contributed by atoms with Crippen molar-refractivity contribution < 1.29 is 4.79 Å². The van der Waals surface area contributed by atoms with Gasteiger partial charge in [-0.25, -0.2) is 0 Å². The first-order valence-electron chi connectivity index (χ1n) is 5.74. The Bertz CT molecular complexity index is 235. The fraction of sp³-hybridized carbons (Fsp3) is 0.909. The van der Waals surface area contributed by atoms with E-state index in [0.717, 1.165) is 38.5 Å². The number of hydrogen-bond donors (Lipinski definition) is 2. The van der Waals surface area contributed by atoms with Crippen LogP contribution in [0.1, 0.15) is 45.4 Å². The first kappa shape index (κ1) is 9.97. The van der Waals surface area contributed by atoms with Crippen molar-refractivity contribution in [1.82, 2.24) is 5.32 Å². The third-order valence-corrected chi connectivity index (χ3v) is 3.82. The maximum Gasteiger partial charge on any atom is 0.225 e. The third-order valence-electron chi connectivity index (χ3n) is 3.82. The van der Waals surface area contributed by atoms with E-state index in [2.05, 4.69) is 12.2 Å². The van der Waals surface area contributed by atoms with Crippen molar-refractivity contribution in [3.05, 3.63) is 0 Å². The predicted octanol–water partition coefficient (Wildman–Crippen LogP) is 1.17. The Kier molecular flexibility index (Phi) is 2.52. The summed E-state index contributed by atoms with van der Waals surface area (Å²) in [6.07, 6.45) is 6.46. The van der Waals surface area contributed by atoms with E-state index in [1.807, 2.05) is 0 Å². The van der Waals surface area contributed by atoms with Crippen LogP contribution in [0.25, 0.3) is 0 Å². The zero-order valence-corrected chi connectivity index (χ0v) is 8.88. The number of hydrogen-bond acceptors (Lipinski definition) is 2. The van der Waals surface area contributed by atoms with E-state index in [0.29, 0.717) is 0 Å². The van der Waals surface area contributed by atoms with Crippen molar-refractivity contribution in [1.29, 1.82) is 0 Å². The van der Waals surface area contributed by atoms with Gasteiger partial charge in [-0.05, 0) is 32.1 Å². The number of rotatable bonds is 3. The fourth-order valence-corrected chi connectivity index (χ4v) is 2.39. The molecule has 2 aliphatic rings. The molecule has 0 unspecified atom stereocenters. The van der Waals surface area contributed by atoms with Gasteiger partial charge < -0.3 is 11.1 Å². The molecular weight excluding hydrogens is 176 g/mol. The molecule has 3 N–H and O–H groups in total. The third kappa shape index (κ3) is 1.78. The van der Waals surface area contributed by atoms with Gasteiger partial charge in [-0.2, -0.15) is 0 Å². The van der Waals surface area contributed by atoms with E-state index in [-0.39, 0.29) is 23.4 Å². The van der Waals surface area contributed by atoms with Crippen molar-refractivity contribution in [2.45, 2.75) is 57.0 Å². The highest BCUT2D eigenvalue weighted by atomic mass is 16.2. The van der Waals surface area contributed by atoms with Gasteiger partial charge in [0.25, 0.3) is 0 Å². The van der Waals surface area contributed by atoms with Crippen molar-refractivity contribution in [3.8, 4) is 0 Å². The molecule has 3 nitrogen and oxygen atoms in total. The molecule has 0 radical (unpaired) electrons. The van der Waals surface area contributed by atoms with Gasteiger partial charge in [-0.1, -0.05) is 13.3 Å². The fourth-order valence-electron chi connectivity index (χ4n) is 2.39. The molecule has 0 aromatic carbocycles. The summed E-state index contributed by atoms with van der Waals surface area (Å²) >= 11 is 0. The normalized spacial score (nSPS) is 34.1. The summed E-state index contributed by atoms with van der Waals surface area (Å²) < 4.78 is 0. The van der Waals surface area contributed by atoms with Crippen LogP contribution in [0.3, 0.4) is 0 Å². The summed E-state index contributed by atoms with van der Waals surface area (Å²) in [5, 5.41) is 3.17. The predicted molar refractivity (Wildman–Crippen MR) is 55.7 cm³/mol. The highest BCUT2D eigenvalue weighted by Crippen LogP contribution is 2.39. The molecule has 1 amide bonds. The van der Waals surface area contributed by atoms with Gasteiger partial charge in [-0.3, -0.25) is 4.79 Å². The average Bonchev–Trinajstić information content (AvgIpc) is 2.80. The van der Waals surface area contributed by atoms with Crippen molar-refractivity contribution >= 4 is 5.91 Å². The lowest BCUT2D eigenvalue weighted by Gasteiger charge is -2.20. The molecule has 2 fully saturated rings. The highest BCUT2D eigenvalue weighted by Gasteiger charge is 2.44. The Balaban J connectivity index is 1.89. The van der Waals surface area contributed by atoms with Crippen LogP contribution in [0.5, 0.6) is 0 Å². The average molecular weight is 196 g/mol. The smallest absolute Gasteiger partial charge is 0.225 e. The molecule has 0 heterocycles. The molecule has 14 heavy (non-hydrogen) atoms. The lowest BCUT2D eigenvalue weighted by molar-refractivity contribution is -0.126. The van der Waals surface area contributed by atoms with Gasteiger partial charge in [0, 0.05) is 11.6 Å². The summed E-state index contributed by atoms with van der Waals surface area (Å²) in [4.78, 5) is 11.9. The van der Waals surface area contributed by atoms with Crippen molar-refractivity contribution in [3.63, 3.8) is 0 Å². The Hall–Kier alpha value is -0.570. The van der Waals surface area contributed by atoms with E-state index in [4.69, 9.17) is 5.73 Å². The lowest BCUT2D eigenvalue weighted by Crippen LogP contribution is -2.44. The largest absolute Gasteiger partial charge is 0.350 e. The summed E-state index contributed by atoms with van der Waals surface area (Å²) in [7, 11) is 0. The van der Waals surface area contributed by atoms with Crippen LogP contribution < -0.4 is 11.1 Å². The molecule has 80 valence electrons. The van der Waals surface area contributed by atoms with E-state index >= 15 is 0 Å². The van der Waals surface area contributed by atoms with Crippen LogP contribution in [0.4, 0.5) is 0 Å². The zero-order chi connectivity index (χ0) is 10.2. The maximum atomic E-state index is 11.9. The van der Waals surface area contributed by atoms with Crippen LogP contribution in [-0.2, 0) is 4.79 Å². The summed E-state index contributed by atoms with van der Waals surface area (Å²) in [5.41, 5.74) is 6.05. The van der Waals surface area contributed by atoms with Crippen LogP contribution >= 0.6 is 0 Å². The lowest BCUT2D eigenvalue weighted by atomic mass is 10.0. The summed E-state index contributed by atoms with van der Waals surface area (Å²) in [6, 6.07) is 0.0997. The quantitative estimate of drug-likeness (QED) is 0.712. The number of nitrogens with one attached hydrogen (secondary N) is 1. The zero-order valence-electron chi connectivity index (χ0n) is 8.88.